The number of rotatable bonds is 6. The molecule has 1 aliphatic heterocycles. The van der Waals surface area contributed by atoms with E-state index >= 15 is 0 Å². The molecule has 32 heavy (non-hydrogen) atoms. The van der Waals surface area contributed by atoms with E-state index in [1.54, 1.807) is 4.90 Å². The van der Waals surface area contributed by atoms with Gasteiger partial charge in [-0.25, -0.2) is 0 Å². The summed E-state index contributed by atoms with van der Waals surface area (Å²) < 4.78 is 42.4. The van der Waals surface area contributed by atoms with E-state index < -0.39 is 23.8 Å². The van der Waals surface area contributed by atoms with Crippen LogP contribution in [0.3, 0.4) is 0 Å². The molecule has 1 saturated heterocycles. The molecule has 3 amide bonds. The maximum Gasteiger partial charge on any atom is 0.471 e. The number of halogens is 3. The van der Waals surface area contributed by atoms with Gasteiger partial charge >= 0.3 is 12.1 Å². The van der Waals surface area contributed by atoms with Gasteiger partial charge in [-0.2, -0.15) is 13.2 Å². The zero-order valence-corrected chi connectivity index (χ0v) is 18.2. The van der Waals surface area contributed by atoms with Gasteiger partial charge in [0.25, 0.3) is 5.91 Å². The zero-order valence-electron chi connectivity index (χ0n) is 16.5. The molecule has 2 aromatic rings. The summed E-state index contributed by atoms with van der Waals surface area (Å²) in [6, 6.07) is 6.01. The fourth-order valence-electron chi connectivity index (χ4n) is 2.95. The topological polar surface area (TPSA) is 112 Å². The molecular formula is C19H19F3N4O4S2. The molecule has 0 aliphatic carbocycles. The van der Waals surface area contributed by atoms with Crippen LogP contribution in [0.4, 0.5) is 13.2 Å². The Labute approximate surface area is 188 Å². The Morgan fingerprint density at radius 3 is 2.66 bits per heavy atom. The Hall–Kier alpha value is -2.77. The van der Waals surface area contributed by atoms with Crippen molar-refractivity contribution in [3.63, 3.8) is 0 Å². The molecule has 3 N–H and O–H groups in total. The molecule has 1 unspecified atom stereocenters. The van der Waals surface area contributed by atoms with Crippen molar-refractivity contribution in [1.29, 1.82) is 5.41 Å². The number of amidine groups is 1. The van der Waals surface area contributed by atoms with Crippen molar-refractivity contribution in [2.24, 2.45) is 0 Å². The van der Waals surface area contributed by atoms with E-state index in [-0.39, 0.29) is 41.3 Å². The number of nitrogens with zero attached hydrogens (tertiary/aromatic N) is 1. The van der Waals surface area contributed by atoms with Crippen LogP contribution in [0.15, 0.2) is 29.6 Å². The number of hydrogen-bond donors (Lipinski definition) is 3. The Balaban J connectivity index is 1.55. The standard InChI is InChI=1S/C19H19F3N4O4S2/c20-19(21,22)18(29)25-16(23)13-3-4-14(32-13)17(28)24-9-11-10-30-6-5-26(11)15(27)8-12-2-1-7-31-12/h1-4,7,11H,5-6,8-10H2,(H,24,28)(H2,23,25,29). The van der Waals surface area contributed by atoms with Gasteiger partial charge in [0.1, 0.15) is 5.84 Å². The minimum atomic E-state index is -5.11. The van der Waals surface area contributed by atoms with Gasteiger partial charge < -0.3 is 20.3 Å². The van der Waals surface area contributed by atoms with Crippen molar-refractivity contribution in [2.75, 3.05) is 26.3 Å². The van der Waals surface area contributed by atoms with Crippen molar-refractivity contribution in [1.82, 2.24) is 15.5 Å². The highest BCUT2D eigenvalue weighted by Gasteiger charge is 2.39. The molecule has 13 heteroatoms. The number of thiophene rings is 2. The SMILES string of the molecule is N=C(NC(=O)C(F)(F)F)c1ccc(C(=O)NCC2COCCN2C(=O)Cc2cccs2)s1. The van der Waals surface area contributed by atoms with E-state index in [9.17, 15) is 27.6 Å². The Bertz CT molecular complexity index is 991. The first-order chi connectivity index (χ1) is 15.1. The van der Waals surface area contributed by atoms with E-state index in [4.69, 9.17) is 10.1 Å². The average molecular weight is 489 g/mol. The number of hydrogen-bond acceptors (Lipinski definition) is 7. The Kier molecular flexibility index (Phi) is 7.64. The Morgan fingerprint density at radius 1 is 1.22 bits per heavy atom. The van der Waals surface area contributed by atoms with Gasteiger partial charge in [0, 0.05) is 18.0 Å². The number of ether oxygens (including phenoxy) is 1. The normalized spacial score (nSPS) is 16.5. The minimum Gasteiger partial charge on any atom is -0.377 e. The van der Waals surface area contributed by atoms with Crippen LogP contribution in [-0.2, 0) is 20.7 Å². The molecule has 8 nitrogen and oxygen atoms in total. The van der Waals surface area contributed by atoms with Gasteiger partial charge in [-0.05, 0) is 23.6 Å². The van der Waals surface area contributed by atoms with Gasteiger partial charge in [0.05, 0.1) is 35.4 Å². The first-order valence-corrected chi connectivity index (χ1v) is 11.1. The monoisotopic (exact) mass is 488 g/mol. The molecule has 0 aromatic carbocycles. The van der Waals surface area contributed by atoms with E-state index in [1.807, 2.05) is 17.5 Å². The predicted octanol–water partition coefficient (Wildman–Crippen LogP) is 2.01. The highest BCUT2D eigenvalue weighted by atomic mass is 32.1. The quantitative estimate of drug-likeness (QED) is 0.427. The van der Waals surface area contributed by atoms with E-state index in [0.29, 0.717) is 13.2 Å². The molecule has 1 atom stereocenters. The van der Waals surface area contributed by atoms with Gasteiger partial charge in [0.2, 0.25) is 5.91 Å². The van der Waals surface area contributed by atoms with Crippen LogP contribution in [0.25, 0.3) is 0 Å². The second-order valence-electron chi connectivity index (χ2n) is 6.77. The Morgan fingerprint density at radius 2 is 1.97 bits per heavy atom. The third-order valence-corrected chi connectivity index (χ3v) is 6.50. The molecule has 3 heterocycles. The molecule has 2 aromatic heterocycles. The first-order valence-electron chi connectivity index (χ1n) is 9.40. The lowest BCUT2D eigenvalue weighted by Gasteiger charge is -2.35. The number of morpholine rings is 1. The first kappa shape index (κ1) is 23.9. The van der Waals surface area contributed by atoms with Crippen LogP contribution in [0.1, 0.15) is 19.4 Å². The maximum atomic E-state index is 12.7. The number of alkyl halides is 3. The summed E-state index contributed by atoms with van der Waals surface area (Å²) in [4.78, 5) is 38.8. The van der Waals surface area contributed by atoms with Crippen molar-refractivity contribution in [2.45, 2.75) is 18.6 Å². The second kappa shape index (κ2) is 10.2. The van der Waals surface area contributed by atoms with E-state index in [2.05, 4.69) is 5.32 Å². The van der Waals surface area contributed by atoms with Crippen molar-refractivity contribution in [3.05, 3.63) is 44.3 Å². The van der Waals surface area contributed by atoms with Crippen LogP contribution in [0, 0.1) is 5.41 Å². The van der Waals surface area contributed by atoms with E-state index in [0.717, 1.165) is 16.2 Å². The molecule has 0 saturated carbocycles. The molecule has 3 rings (SSSR count). The number of carbonyl (C=O) groups excluding carboxylic acids is 3. The highest BCUT2D eigenvalue weighted by Crippen LogP contribution is 2.19. The van der Waals surface area contributed by atoms with Crippen molar-refractivity contribution in [3.8, 4) is 0 Å². The summed E-state index contributed by atoms with van der Waals surface area (Å²) in [5.74, 6) is -3.58. The minimum absolute atomic E-state index is 0.00139. The van der Waals surface area contributed by atoms with Crippen LogP contribution < -0.4 is 10.6 Å². The van der Waals surface area contributed by atoms with Crippen LogP contribution in [0.5, 0.6) is 0 Å². The van der Waals surface area contributed by atoms with Gasteiger partial charge in [0.15, 0.2) is 0 Å². The zero-order chi connectivity index (χ0) is 23.3. The van der Waals surface area contributed by atoms with E-state index in [1.165, 1.54) is 28.8 Å². The van der Waals surface area contributed by atoms with Gasteiger partial charge in [-0.3, -0.25) is 19.8 Å². The maximum absolute atomic E-state index is 12.7. The third kappa shape index (κ3) is 6.14. The molecule has 172 valence electrons. The van der Waals surface area contributed by atoms with Crippen LogP contribution in [0.2, 0.25) is 0 Å². The fraction of sp³-hybridized carbons (Fsp3) is 0.368. The number of carbonyl (C=O) groups is 3. The van der Waals surface area contributed by atoms with Gasteiger partial charge in [-0.1, -0.05) is 6.07 Å². The lowest BCUT2D eigenvalue weighted by atomic mass is 10.2. The third-order valence-electron chi connectivity index (χ3n) is 4.52. The lowest BCUT2D eigenvalue weighted by molar-refractivity contribution is -0.171. The second-order valence-corrected chi connectivity index (χ2v) is 8.89. The summed E-state index contributed by atoms with van der Waals surface area (Å²) in [6.45, 7) is 1.20. The van der Waals surface area contributed by atoms with Crippen LogP contribution in [-0.4, -0.2) is 67.0 Å². The summed E-state index contributed by atoms with van der Waals surface area (Å²) in [7, 11) is 0. The molecule has 0 radical (unpaired) electrons. The number of amides is 3. The largest absolute Gasteiger partial charge is 0.471 e. The summed E-state index contributed by atoms with van der Waals surface area (Å²) in [6.07, 6.45) is -4.85. The lowest BCUT2D eigenvalue weighted by Crippen LogP contribution is -2.53. The van der Waals surface area contributed by atoms with Gasteiger partial charge in [-0.15, -0.1) is 22.7 Å². The smallest absolute Gasteiger partial charge is 0.377 e. The molecule has 0 bridgehead atoms. The predicted molar refractivity (Wildman–Crippen MR) is 112 cm³/mol. The summed E-state index contributed by atoms with van der Waals surface area (Å²) in [5, 5.41) is 13.6. The van der Waals surface area contributed by atoms with Crippen LogP contribution >= 0.6 is 22.7 Å². The molecule has 0 spiro atoms. The summed E-state index contributed by atoms with van der Waals surface area (Å²) >= 11 is 2.26. The summed E-state index contributed by atoms with van der Waals surface area (Å²) in [5.41, 5.74) is 0. The molecule has 1 fully saturated rings. The molecule has 1 aliphatic rings. The van der Waals surface area contributed by atoms with Crippen molar-refractivity contribution < 1.29 is 32.3 Å². The fourth-order valence-corrected chi connectivity index (χ4v) is 4.48. The van der Waals surface area contributed by atoms with Crippen molar-refractivity contribution >= 4 is 46.2 Å². The highest BCUT2D eigenvalue weighted by molar-refractivity contribution is 7.16. The molecular weight excluding hydrogens is 469 g/mol. The average Bonchev–Trinajstić information content (AvgIpc) is 3.43. The number of nitrogens with one attached hydrogen (secondary N) is 3.